The van der Waals surface area contributed by atoms with Crippen LogP contribution in [0.4, 0.5) is 5.82 Å². The molecule has 23 heavy (non-hydrogen) atoms. The lowest BCUT2D eigenvalue weighted by molar-refractivity contribution is -0.127. The Hall–Kier alpha value is -2.79. The highest BCUT2D eigenvalue weighted by Gasteiger charge is 2.26. The number of amides is 2. The number of hydrogen-bond acceptors (Lipinski definition) is 5. The van der Waals surface area contributed by atoms with Crippen molar-refractivity contribution in [3.63, 3.8) is 0 Å². The van der Waals surface area contributed by atoms with E-state index in [-0.39, 0.29) is 29.0 Å². The number of anilines is 1. The van der Waals surface area contributed by atoms with Crippen LogP contribution in [-0.2, 0) is 9.53 Å². The summed E-state index contributed by atoms with van der Waals surface area (Å²) in [6.45, 7) is 4.95. The van der Waals surface area contributed by atoms with Gasteiger partial charge in [0.2, 0.25) is 5.91 Å². The van der Waals surface area contributed by atoms with Crippen LogP contribution in [0.5, 0.6) is 0 Å². The largest absolute Gasteiger partial charge is 0.383 e. The SMILES string of the molecule is C#Cc1[nH]nc(N)c1C(N)=O.C=CC(=O)N1CCCC1COC. The summed E-state index contributed by atoms with van der Waals surface area (Å²) in [5.74, 6) is 1.58. The molecule has 0 spiro atoms. The summed E-state index contributed by atoms with van der Waals surface area (Å²) in [5.41, 5.74) is 10.5. The number of aromatic nitrogens is 2. The van der Waals surface area contributed by atoms with Crippen molar-refractivity contribution < 1.29 is 14.3 Å². The van der Waals surface area contributed by atoms with Crippen LogP contribution in [0.2, 0.25) is 0 Å². The van der Waals surface area contributed by atoms with E-state index in [2.05, 4.69) is 22.7 Å². The minimum atomic E-state index is -0.677. The first-order valence-electron chi connectivity index (χ1n) is 6.98. The zero-order valence-corrected chi connectivity index (χ0v) is 13.0. The van der Waals surface area contributed by atoms with Gasteiger partial charge in [0.1, 0.15) is 11.3 Å². The Morgan fingerprint density at radius 3 is 2.83 bits per heavy atom. The van der Waals surface area contributed by atoms with Crippen LogP contribution in [-0.4, -0.2) is 53.2 Å². The molecule has 1 atom stereocenters. The number of methoxy groups -OCH3 is 1. The predicted octanol–water partition coefficient (Wildman–Crippen LogP) is -0.118. The van der Waals surface area contributed by atoms with Crippen molar-refractivity contribution in [2.24, 2.45) is 5.73 Å². The molecule has 0 radical (unpaired) electrons. The first kappa shape index (κ1) is 18.3. The lowest BCUT2D eigenvalue weighted by Crippen LogP contribution is -2.36. The molecule has 0 saturated carbocycles. The normalized spacial score (nSPS) is 16.2. The number of ether oxygens (including phenoxy) is 1. The van der Waals surface area contributed by atoms with Crippen LogP contribution in [0, 0.1) is 12.3 Å². The number of primary amides is 1. The average molecular weight is 319 g/mol. The Bertz CT molecular complexity index is 617. The molecule has 1 saturated heterocycles. The molecule has 2 heterocycles. The van der Waals surface area contributed by atoms with E-state index >= 15 is 0 Å². The molecular formula is C15H21N5O3. The lowest BCUT2D eigenvalue weighted by atomic mass is 10.2. The van der Waals surface area contributed by atoms with Crippen LogP contribution < -0.4 is 11.5 Å². The molecular weight excluding hydrogens is 298 g/mol. The fourth-order valence-electron chi connectivity index (χ4n) is 2.32. The van der Waals surface area contributed by atoms with Gasteiger partial charge in [-0.15, -0.1) is 6.42 Å². The maximum absolute atomic E-state index is 11.3. The summed E-state index contributed by atoms with van der Waals surface area (Å²) in [6, 6.07) is 0.264. The molecule has 2 amide bonds. The van der Waals surface area contributed by atoms with Gasteiger partial charge in [-0.3, -0.25) is 14.7 Å². The first-order chi connectivity index (χ1) is 11.0. The van der Waals surface area contributed by atoms with Gasteiger partial charge in [0.05, 0.1) is 12.6 Å². The van der Waals surface area contributed by atoms with Gasteiger partial charge in [-0.25, -0.2) is 0 Å². The molecule has 5 N–H and O–H groups in total. The Kier molecular flexibility index (Phi) is 6.83. The van der Waals surface area contributed by atoms with Gasteiger partial charge in [0.15, 0.2) is 5.82 Å². The van der Waals surface area contributed by atoms with Crippen molar-refractivity contribution >= 4 is 17.6 Å². The Morgan fingerprint density at radius 1 is 1.65 bits per heavy atom. The number of terminal acetylenes is 1. The van der Waals surface area contributed by atoms with Crippen LogP contribution in [0.25, 0.3) is 0 Å². The van der Waals surface area contributed by atoms with Crippen molar-refractivity contribution in [3.05, 3.63) is 23.9 Å². The number of nitrogens with zero attached hydrogens (tertiary/aromatic N) is 2. The van der Waals surface area contributed by atoms with Gasteiger partial charge in [-0.05, 0) is 24.8 Å². The van der Waals surface area contributed by atoms with Gasteiger partial charge >= 0.3 is 0 Å². The third kappa shape index (κ3) is 4.59. The number of carbonyl (C=O) groups is 2. The van der Waals surface area contributed by atoms with Crippen molar-refractivity contribution in [1.29, 1.82) is 0 Å². The molecule has 0 bridgehead atoms. The number of aromatic amines is 1. The maximum atomic E-state index is 11.3. The highest BCUT2D eigenvalue weighted by molar-refractivity contribution is 5.99. The van der Waals surface area contributed by atoms with Crippen LogP contribution in [0.15, 0.2) is 12.7 Å². The topological polar surface area (TPSA) is 127 Å². The van der Waals surface area contributed by atoms with E-state index in [0.29, 0.717) is 6.61 Å². The van der Waals surface area contributed by atoms with Crippen molar-refractivity contribution in [1.82, 2.24) is 15.1 Å². The number of H-pyrrole nitrogens is 1. The molecule has 1 aliphatic rings. The molecule has 8 heteroatoms. The molecule has 0 aromatic carbocycles. The van der Waals surface area contributed by atoms with E-state index in [4.69, 9.17) is 22.6 Å². The van der Waals surface area contributed by atoms with Crippen LogP contribution in [0.1, 0.15) is 28.9 Å². The Morgan fingerprint density at radius 2 is 2.35 bits per heavy atom. The van der Waals surface area contributed by atoms with Crippen molar-refractivity contribution in [3.8, 4) is 12.3 Å². The number of carbonyl (C=O) groups excluding carboxylic acids is 2. The van der Waals surface area contributed by atoms with Gasteiger partial charge in [-0.1, -0.05) is 6.58 Å². The molecule has 1 aliphatic heterocycles. The Balaban J connectivity index is 0.000000231. The molecule has 1 unspecified atom stereocenters. The zero-order chi connectivity index (χ0) is 17.4. The Labute approximate surface area is 134 Å². The van der Waals surface area contributed by atoms with Crippen molar-refractivity contribution in [2.75, 3.05) is 26.0 Å². The minimum absolute atomic E-state index is 0.0227. The number of nitrogen functional groups attached to an aromatic ring is 1. The van der Waals surface area contributed by atoms with Gasteiger partial charge in [0.25, 0.3) is 5.91 Å². The summed E-state index contributed by atoms with van der Waals surface area (Å²) in [5, 5.41) is 5.91. The number of likely N-dealkylation sites (tertiary alicyclic amines) is 1. The second kappa shape index (κ2) is 8.60. The predicted molar refractivity (Wildman–Crippen MR) is 86.3 cm³/mol. The highest BCUT2D eigenvalue weighted by Crippen LogP contribution is 2.17. The lowest BCUT2D eigenvalue weighted by Gasteiger charge is -2.22. The molecule has 1 fully saturated rings. The second-order valence-corrected chi connectivity index (χ2v) is 4.85. The summed E-state index contributed by atoms with van der Waals surface area (Å²) < 4.78 is 5.02. The van der Waals surface area contributed by atoms with E-state index in [0.717, 1.165) is 19.4 Å². The minimum Gasteiger partial charge on any atom is -0.383 e. The smallest absolute Gasteiger partial charge is 0.255 e. The van der Waals surface area contributed by atoms with Crippen LogP contribution >= 0.6 is 0 Å². The molecule has 1 aromatic rings. The van der Waals surface area contributed by atoms with Gasteiger partial charge in [-0.2, -0.15) is 5.10 Å². The van der Waals surface area contributed by atoms with E-state index in [1.165, 1.54) is 6.08 Å². The zero-order valence-electron chi connectivity index (χ0n) is 13.0. The number of nitrogens with two attached hydrogens (primary N) is 2. The van der Waals surface area contributed by atoms with Crippen molar-refractivity contribution in [2.45, 2.75) is 18.9 Å². The highest BCUT2D eigenvalue weighted by atomic mass is 16.5. The third-order valence-electron chi connectivity index (χ3n) is 3.38. The summed E-state index contributed by atoms with van der Waals surface area (Å²) >= 11 is 0. The summed E-state index contributed by atoms with van der Waals surface area (Å²) in [6.07, 6.45) is 8.51. The number of nitrogens with one attached hydrogen (secondary N) is 1. The second-order valence-electron chi connectivity index (χ2n) is 4.85. The molecule has 124 valence electrons. The van der Waals surface area contributed by atoms with E-state index in [1.54, 1.807) is 7.11 Å². The fraction of sp³-hybridized carbons (Fsp3) is 0.400. The number of rotatable bonds is 4. The van der Waals surface area contributed by atoms with Gasteiger partial charge < -0.3 is 21.1 Å². The summed E-state index contributed by atoms with van der Waals surface area (Å²) in [4.78, 5) is 23.7. The van der Waals surface area contributed by atoms with E-state index in [1.807, 2.05) is 4.90 Å². The first-order valence-corrected chi connectivity index (χ1v) is 6.98. The number of hydrogen-bond donors (Lipinski definition) is 3. The van der Waals surface area contributed by atoms with Crippen LogP contribution in [0.3, 0.4) is 0 Å². The molecule has 1 aromatic heterocycles. The molecule has 2 rings (SSSR count). The molecule has 8 nitrogen and oxygen atoms in total. The summed E-state index contributed by atoms with van der Waals surface area (Å²) in [7, 11) is 1.66. The average Bonchev–Trinajstić information content (AvgIpc) is 3.13. The molecule has 0 aliphatic carbocycles. The maximum Gasteiger partial charge on any atom is 0.255 e. The van der Waals surface area contributed by atoms with E-state index < -0.39 is 5.91 Å². The quantitative estimate of drug-likeness (QED) is 0.527. The van der Waals surface area contributed by atoms with Gasteiger partial charge in [0, 0.05) is 13.7 Å². The third-order valence-corrected chi connectivity index (χ3v) is 3.38. The fourth-order valence-corrected chi connectivity index (χ4v) is 2.32. The van der Waals surface area contributed by atoms with E-state index in [9.17, 15) is 9.59 Å². The monoisotopic (exact) mass is 319 g/mol. The standard InChI is InChI=1S/C9H15NO2.C6H6N4O/c1-3-9(11)10-6-4-5-8(10)7-12-2;1-2-3-4(6(8)11)5(7)10-9-3/h3,8H,1,4-7H2,2H3;1H,(H2,8,11)(H3,7,9,10).